The predicted octanol–water partition coefficient (Wildman–Crippen LogP) is 3.96. The van der Waals surface area contributed by atoms with Crippen molar-refractivity contribution >= 4 is 5.71 Å². The lowest BCUT2D eigenvalue weighted by molar-refractivity contribution is 0.179. The Bertz CT molecular complexity index is 1100. The first-order valence-corrected chi connectivity index (χ1v) is 9.15. The molecule has 0 aromatic carbocycles. The van der Waals surface area contributed by atoms with Crippen molar-refractivity contribution in [3.05, 3.63) is 71.3 Å². The first-order valence-electron chi connectivity index (χ1n) is 9.15. The van der Waals surface area contributed by atoms with Crippen LogP contribution in [0.1, 0.15) is 29.7 Å². The lowest BCUT2D eigenvalue weighted by atomic mass is 10.2. The van der Waals surface area contributed by atoms with Crippen molar-refractivity contribution in [1.82, 2.24) is 15.0 Å². The van der Waals surface area contributed by atoms with Gasteiger partial charge in [0.1, 0.15) is 17.2 Å². The third-order valence-corrected chi connectivity index (χ3v) is 3.99. The third-order valence-electron chi connectivity index (χ3n) is 3.99. The molecule has 3 aromatic heterocycles. The number of ether oxygens (including phenoxy) is 1. The van der Waals surface area contributed by atoms with E-state index in [4.69, 9.17) is 9.57 Å². The Hall–Kier alpha value is -3.72. The fraction of sp³-hybridized carbons (Fsp3) is 0.217. The number of pyridine rings is 3. The summed E-state index contributed by atoms with van der Waals surface area (Å²) in [5.41, 5.74) is 5.40. The lowest BCUT2D eigenvalue weighted by Crippen LogP contribution is -2.00. The van der Waals surface area contributed by atoms with Crippen molar-refractivity contribution in [1.29, 1.82) is 0 Å². The SMILES string of the molecule is COc1cc(C)nc(-c2cccc(C#CCO/N=C(\C)c3cccc(C)n3)n2)c1. The van der Waals surface area contributed by atoms with Crippen LogP contribution in [0.5, 0.6) is 5.75 Å². The molecule has 3 heterocycles. The van der Waals surface area contributed by atoms with Gasteiger partial charge in [-0.3, -0.25) is 9.97 Å². The molecule has 0 bridgehead atoms. The largest absolute Gasteiger partial charge is 0.497 e. The molecule has 0 aliphatic rings. The van der Waals surface area contributed by atoms with Crippen molar-refractivity contribution in [2.75, 3.05) is 13.7 Å². The van der Waals surface area contributed by atoms with Crippen LogP contribution in [0.15, 0.2) is 53.7 Å². The highest BCUT2D eigenvalue weighted by atomic mass is 16.6. The van der Waals surface area contributed by atoms with E-state index in [1.54, 1.807) is 7.11 Å². The Morgan fingerprint density at radius 1 is 0.966 bits per heavy atom. The summed E-state index contributed by atoms with van der Waals surface area (Å²) in [4.78, 5) is 18.8. The number of rotatable bonds is 5. The molecule has 0 spiro atoms. The van der Waals surface area contributed by atoms with E-state index in [1.165, 1.54) is 0 Å². The second-order valence-electron chi connectivity index (χ2n) is 6.36. The summed E-state index contributed by atoms with van der Waals surface area (Å²) in [6, 6.07) is 15.1. The van der Waals surface area contributed by atoms with Gasteiger partial charge in [0.15, 0.2) is 6.61 Å². The van der Waals surface area contributed by atoms with Gasteiger partial charge in [-0.25, -0.2) is 4.98 Å². The minimum Gasteiger partial charge on any atom is -0.497 e. The van der Waals surface area contributed by atoms with Gasteiger partial charge in [-0.1, -0.05) is 23.2 Å². The molecular weight excluding hydrogens is 364 g/mol. The van der Waals surface area contributed by atoms with Crippen LogP contribution >= 0.6 is 0 Å². The van der Waals surface area contributed by atoms with Crippen molar-refractivity contribution in [2.45, 2.75) is 20.8 Å². The quantitative estimate of drug-likeness (QED) is 0.287. The standard InChI is InChI=1S/C23H22N4O2/c1-16-8-5-11-21(24-16)18(3)27-29-13-7-10-19-9-6-12-22(26-19)23-15-20(28-4)14-17(2)25-23/h5-6,8-9,11-12,14-15H,13H2,1-4H3/b27-18+. The summed E-state index contributed by atoms with van der Waals surface area (Å²) in [6.07, 6.45) is 0. The van der Waals surface area contributed by atoms with Gasteiger partial charge in [0.2, 0.25) is 0 Å². The molecule has 146 valence electrons. The number of methoxy groups -OCH3 is 1. The highest BCUT2D eigenvalue weighted by Crippen LogP contribution is 2.21. The minimum atomic E-state index is 0.158. The number of aryl methyl sites for hydroxylation is 2. The highest BCUT2D eigenvalue weighted by molar-refractivity contribution is 5.96. The van der Waals surface area contributed by atoms with Crippen LogP contribution in [0.4, 0.5) is 0 Å². The minimum absolute atomic E-state index is 0.158. The Balaban J connectivity index is 1.66. The van der Waals surface area contributed by atoms with Crippen LogP contribution in [0.2, 0.25) is 0 Å². The van der Waals surface area contributed by atoms with Gasteiger partial charge < -0.3 is 9.57 Å². The number of aromatic nitrogens is 3. The highest BCUT2D eigenvalue weighted by Gasteiger charge is 2.05. The van der Waals surface area contributed by atoms with Crippen LogP contribution in [0.25, 0.3) is 11.4 Å². The van der Waals surface area contributed by atoms with E-state index in [1.807, 2.05) is 69.3 Å². The van der Waals surface area contributed by atoms with Crippen LogP contribution in [-0.2, 0) is 4.84 Å². The van der Waals surface area contributed by atoms with Gasteiger partial charge in [0, 0.05) is 23.5 Å². The maximum absolute atomic E-state index is 5.31. The predicted molar refractivity (Wildman–Crippen MR) is 113 cm³/mol. The van der Waals surface area contributed by atoms with Gasteiger partial charge in [0.05, 0.1) is 24.2 Å². The fourth-order valence-corrected chi connectivity index (χ4v) is 2.61. The summed E-state index contributed by atoms with van der Waals surface area (Å²) in [6.45, 7) is 5.86. The van der Waals surface area contributed by atoms with Gasteiger partial charge in [0.25, 0.3) is 0 Å². The second kappa shape index (κ2) is 9.47. The summed E-state index contributed by atoms with van der Waals surface area (Å²) >= 11 is 0. The Labute approximate surface area is 170 Å². The fourth-order valence-electron chi connectivity index (χ4n) is 2.61. The van der Waals surface area contributed by atoms with Crippen molar-refractivity contribution in [3.8, 4) is 29.0 Å². The first-order chi connectivity index (χ1) is 14.0. The summed E-state index contributed by atoms with van der Waals surface area (Å²) in [5.74, 6) is 6.66. The topological polar surface area (TPSA) is 69.5 Å². The van der Waals surface area contributed by atoms with Crippen LogP contribution in [0, 0.1) is 25.7 Å². The molecule has 0 aliphatic heterocycles. The first kappa shape index (κ1) is 20.0. The molecule has 0 N–H and O–H groups in total. The van der Waals surface area contributed by atoms with Gasteiger partial charge in [-0.2, -0.15) is 0 Å². The summed E-state index contributed by atoms with van der Waals surface area (Å²) in [7, 11) is 1.63. The molecular formula is C23H22N4O2. The van der Waals surface area contributed by atoms with E-state index in [2.05, 4.69) is 31.9 Å². The second-order valence-corrected chi connectivity index (χ2v) is 6.36. The molecule has 0 aliphatic carbocycles. The Kier molecular flexibility index (Phi) is 6.54. The van der Waals surface area contributed by atoms with E-state index < -0.39 is 0 Å². The smallest absolute Gasteiger partial charge is 0.177 e. The maximum Gasteiger partial charge on any atom is 0.177 e. The molecule has 0 fully saturated rings. The van der Waals surface area contributed by atoms with E-state index in [-0.39, 0.29) is 6.61 Å². The van der Waals surface area contributed by atoms with Crippen molar-refractivity contribution in [3.63, 3.8) is 0 Å². The summed E-state index contributed by atoms with van der Waals surface area (Å²) in [5, 5.41) is 4.07. The molecule has 3 rings (SSSR count). The molecule has 0 amide bonds. The van der Waals surface area contributed by atoms with Crippen LogP contribution in [-0.4, -0.2) is 34.4 Å². The zero-order valence-electron chi connectivity index (χ0n) is 16.9. The van der Waals surface area contributed by atoms with E-state index in [0.717, 1.165) is 34.2 Å². The monoisotopic (exact) mass is 386 g/mol. The normalized spacial score (nSPS) is 10.8. The molecule has 0 atom stereocenters. The van der Waals surface area contributed by atoms with Crippen LogP contribution < -0.4 is 4.74 Å². The lowest BCUT2D eigenvalue weighted by Gasteiger charge is -2.05. The van der Waals surface area contributed by atoms with Gasteiger partial charge in [-0.05, 0) is 51.0 Å². The Morgan fingerprint density at radius 2 is 1.79 bits per heavy atom. The molecule has 3 aromatic rings. The average Bonchev–Trinajstić information content (AvgIpc) is 2.73. The zero-order chi connectivity index (χ0) is 20.6. The zero-order valence-corrected chi connectivity index (χ0v) is 16.9. The average molecular weight is 386 g/mol. The van der Waals surface area contributed by atoms with Gasteiger partial charge >= 0.3 is 0 Å². The van der Waals surface area contributed by atoms with Crippen molar-refractivity contribution < 1.29 is 9.57 Å². The number of hydrogen-bond donors (Lipinski definition) is 0. The molecule has 6 nitrogen and oxygen atoms in total. The van der Waals surface area contributed by atoms with E-state index in [9.17, 15) is 0 Å². The molecule has 0 unspecified atom stereocenters. The van der Waals surface area contributed by atoms with Crippen molar-refractivity contribution in [2.24, 2.45) is 5.16 Å². The molecule has 29 heavy (non-hydrogen) atoms. The van der Waals surface area contributed by atoms with Gasteiger partial charge in [-0.15, -0.1) is 0 Å². The maximum atomic E-state index is 5.31. The number of nitrogens with zero attached hydrogens (tertiary/aromatic N) is 4. The Morgan fingerprint density at radius 3 is 2.59 bits per heavy atom. The molecule has 0 radical (unpaired) electrons. The van der Waals surface area contributed by atoms with E-state index >= 15 is 0 Å². The molecule has 0 saturated heterocycles. The van der Waals surface area contributed by atoms with E-state index in [0.29, 0.717) is 11.4 Å². The molecule has 6 heteroatoms. The number of hydrogen-bond acceptors (Lipinski definition) is 6. The third kappa shape index (κ3) is 5.63. The summed E-state index contributed by atoms with van der Waals surface area (Å²) < 4.78 is 5.31. The van der Waals surface area contributed by atoms with Crippen LogP contribution in [0.3, 0.4) is 0 Å². The molecule has 0 saturated carbocycles. The number of oxime groups is 1.